The van der Waals surface area contributed by atoms with E-state index in [1.807, 2.05) is 12.9 Å². The first-order valence-electron chi connectivity index (χ1n) is 6.85. The van der Waals surface area contributed by atoms with Crippen LogP contribution in [0.5, 0.6) is 5.75 Å². The van der Waals surface area contributed by atoms with Crippen LogP contribution in [-0.2, 0) is 4.79 Å². The molecule has 0 atom stereocenters. The van der Waals surface area contributed by atoms with Crippen molar-refractivity contribution in [3.63, 3.8) is 0 Å². The molecular formula is C18H18N2O5. The Morgan fingerprint density at radius 2 is 1.08 bits per heavy atom. The van der Waals surface area contributed by atoms with Crippen LogP contribution in [0.4, 0.5) is 4.79 Å². The lowest BCUT2D eigenvalue weighted by atomic mass is 9.95. The zero-order valence-corrected chi connectivity index (χ0v) is 13.3. The number of hydrogen-bond donors (Lipinski definition) is 3. The van der Waals surface area contributed by atoms with E-state index in [9.17, 15) is 9.59 Å². The second kappa shape index (κ2) is 11.8. The highest BCUT2D eigenvalue weighted by Gasteiger charge is 2.16. The summed E-state index contributed by atoms with van der Waals surface area (Å²) >= 11 is 0. The van der Waals surface area contributed by atoms with Crippen LogP contribution in [0.3, 0.4) is 0 Å². The van der Waals surface area contributed by atoms with Crippen LogP contribution < -0.4 is 11.5 Å². The van der Waals surface area contributed by atoms with Crippen LogP contribution in [0.2, 0.25) is 0 Å². The number of hydrogen-bond acceptors (Lipinski definition) is 5. The van der Waals surface area contributed by atoms with Crippen molar-refractivity contribution >= 4 is 24.4 Å². The molecule has 2 aromatic rings. The fraction of sp³-hybridized carbons (Fsp3) is 0. The molecule has 0 aliphatic heterocycles. The first-order valence-corrected chi connectivity index (χ1v) is 6.85. The molecule has 0 unspecified atom stereocenters. The number of aromatic hydroxyl groups is 1. The van der Waals surface area contributed by atoms with E-state index in [1.165, 1.54) is 12.2 Å². The minimum absolute atomic E-state index is 0.0924. The van der Waals surface area contributed by atoms with Gasteiger partial charge >= 0.3 is 6.03 Å². The number of fused-ring (bicyclic) bond motifs is 1. The maximum atomic E-state index is 11.2. The Morgan fingerprint density at radius 1 is 0.760 bits per heavy atom. The largest absolute Gasteiger partial charge is 0.508 e. The number of nitrogens with two attached hydrogens (primary N) is 2. The molecule has 5 N–H and O–H groups in total. The van der Waals surface area contributed by atoms with Crippen LogP contribution in [0, 0.1) is 0 Å². The Balaban J connectivity index is 0.000000378. The van der Waals surface area contributed by atoms with Gasteiger partial charge in [-0.1, -0.05) is 42.5 Å². The maximum absolute atomic E-state index is 11.2. The van der Waals surface area contributed by atoms with Crippen LogP contribution >= 0.6 is 0 Å². The van der Waals surface area contributed by atoms with Gasteiger partial charge in [-0.2, -0.15) is 0 Å². The smallest absolute Gasteiger partial charge is 0.309 e. The van der Waals surface area contributed by atoms with E-state index < -0.39 is 6.03 Å². The molecule has 0 fully saturated rings. The van der Waals surface area contributed by atoms with Gasteiger partial charge in [0.25, 0.3) is 0 Å². The summed E-state index contributed by atoms with van der Waals surface area (Å²) in [6.07, 6.45) is 2.62. The summed E-state index contributed by atoms with van der Waals surface area (Å²) in [5.74, 6) is 0.137. The summed E-state index contributed by atoms with van der Waals surface area (Å²) in [5, 5.41) is 8.63. The normalized spacial score (nSPS) is 10.6. The molecule has 25 heavy (non-hydrogen) atoms. The fourth-order valence-corrected chi connectivity index (χ4v) is 1.67. The van der Waals surface area contributed by atoms with E-state index in [0.717, 1.165) is 0 Å². The van der Waals surface area contributed by atoms with Gasteiger partial charge in [-0.05, 0) is 24.3 Å². The first-order chi connectivity index (χ1) is 11.9. The number of benzene rings is 2. The molecule has 0 aromatic heterocycles. The number of amides is 2. The number of urea groups is 1. The van der Waals surface area contributed by atoms with E-state index >= 15 is 0 Å². The highest BCUT2D eigenvalue weighted by atomic mass is 16.3. The number of carbonyl (C=O) groups is 4. The van der Waals surface area contributed by atoms with Gasteiger partial charge in [0, 0.05) is 11.1 Å². The molecule has 0 saturated carbocycles. The molecule has 7 heteroatoms. The van der Waals surface area contributed by atoms with Gasteiger partial charge < -0.3 is 21.4 Å². The van der Waals surface area contributed by atoms with Gasteiger partial charge in [-0.15, -0.1) is 0 Å². The van der Waals surface area contributed by atoms with Gasteiger partial charge in [-0.3, -0.25) is 9.59 Å². The SMILES string of the molecule is C=O.NC(N)=O.O=C1C=CC(=O)c2ccccc21.Oc1ccccc1. The highest BCUT2D eigenvalue weighted by Crippen LogP contribution is 2.15. The van der Waals surface area contributed by atoms with Gasteiger partial charge in [0.15, 0.2) is 11.6 Å². The minimum atomic E-state index is -0.833. The lowest BCUT2D eigenvalue weighted by Gasteiger charge is -2.06. The molecule has 3 rings (SSSR count). The predicted molar refractivity (Wildman–Crippen MR) is 93.2 cm³/mol. The van der Waals surface area contributed by atoms with Crippen molar-refractivity contribution in [2.24, 2.45) is 11.5 Å². The summed E-state index contributed by atoms with van der Waals surface area (Å²) in [5.41, 5.74) is 9.51. The van der Waals surface area contributed by atoms with Gasteiger partial charge in [0.05, 0.1) is 0 Å². The Morgan fingerprint density at radius 3 is 1.36 bits per heavy atom. The van der Waals surface area contributed by atoms with Crippen LogP contribution in [0.15, 0.2) is 66.7 Å². The molecule has 1 aliphatic rings. The monoisotopic (exact) mass is 342 g/mol. The number of ketones is 2. The van der Waals surface area contributed by atoms with Crippen LogP contribution in [0.25, 0.3) is 0 Å². The number of allylic oxidation sites excluding steroid dienone is 2. The molecule has 0 spiro atoms. The van der Waals surface area contributed by atoms with E-state index in [0.29, 0.717) is 16.9 Å². The third kappa shape index (κ3) is 8.46. The molecule has 0 heterocycles. The van der Waals surface area contributed by atoms with Gasteiger partial charge in [0.1, 0.15) is 12.5 Å². The number of carbonyl (C=O) groups excluding carboxylic acids is 4. The van der Waals surface area contributed by atoms with E-state index in [1.54, 1.807) is 48.5 Å². The van der Waals surface area contributed by atoms with Crippen LogP contribution in [0.1, 0.15) is 20.7 Å². The maximum Gasteiger partial charge on any atom is 0.309 e. The highest BCUT2D eigenvalue weighted by molar-refractivity contribution is 6.21. The number of primary amides is 2. The predicted octanol–water partition coefficient (Wildman–Crippen LogP) is 1.85. The Hall–Kier alpha value is -3.74. The third-order valence-electron chi connectivity index (χ3n) is 2.60. The van der Waals surface area contributed by atoms with E-state index in [-0.39, 0.29) is 11.6 Å². The lowest BCUT2D eigenvalue weighted by Crippen LogP contribution is -2.18. The van der Waals surface area contributed by atoms with Crippen molar-refractivity contribution in [2.75, 3.05) is 0 Å². The van der Waals surface area contributed by atoms with E-state index in [2.05, 4.69) is 11.5 Å². The molecule has 2 amide bonds. The molecule has 0 saturated heterocycles. The molecular weight excluding hydrogens is 324 g/mol. The van der Waals surface area contributed by atoms with E-state index in [4.69, 9.17) is 14.7 Å². The number of rotatable bonds is 0. The number of phenols is 1. The average Bonchev–Trinajstić information content (AvgIpc) is 2.61. The quantitative estimate of drug-likeness (QED) is 0.670. The standard InChI is InChI=1S/C10H6O2.C6H6O.CH4N2O.CH2O/c11-9-5-6-10(12)8-4-2-1-3-7(8)9;7-6-4-2-1-3-5-6;2-1(3)4;1-2/h1-6H;1-5,7H;(H4,2,3,4);1H2. The van der Waals surface area contributed by atoms with Crippen molar-refractivity contribution < 1.29 is 24.3 Å². The molecule has 0 radical (unpaired) electrons. The minimum Gasteiger partial charge on any atom is -0.508 e. The summed E-state index contributed by atoms with van der Waals surface area (Å²) in [7, 11) is 0. The third-order valence-corrected chi connectivity index (χ3v) is 2.60. The Labute approximate surface area is 144 Å². The molecule has 7 nitrogen and oxygen atoms in total. The zero-order chi connectivity index (χ0) is 19.2. The summed E-state index contributed by atoms with van der Waals surface area (Å²) < 4.78 is 0. The molecule has 130 valence electrons. The lowest BCUT2D eigenvalue weighted by molar-refractivity contribution is -0.0980. The summed E-state index contributed by atoms with van der Waals surface area (Å²) in [6.45, 7) is 2.00. The van der Waals surface area contributed by atoms with Gasteiger partial charge in [-0.25, -0.2) is 4.79 Å². The Bertz CT molecular complexity index is 701. The zero-order valence-electron chi connectivity index (χ0n) is 13.3. The molecule has 2 aromatic carbocycles. The second-order valence-corrected chi connectivity index (χ2v) is 4.35. The molecule has 0 bridgehead atoms. The number of para-hydroxylation sites is 1. The van der Waals surface area contributed by atoms with Crippen molar-refractivity contribution in [3.8, 4) is 5.75 Å². The fourth-order valence-electron chi connectivity index (χ4n) is 1.67. The average molecular weight is 342 g/mol. The Kier molecular flexibility index (Phi) is 10.0. The number of phenolic OH excluding ortho intramolecular Hbond substituents is 1. The summed E-state index contributed by atoms with van der Waals surface area (Å²) in [4.78, 5) is 39.4. The van der Waals surface area contributed by atoms with Crippen LogP contribution in [-0.4, -0.2) is 29.5 Å². The van der Waals surface area contributed by atoms with Crippen molar-refractivity contribution in [2.45, 2.75) is 0 Å². The summed E-state index contributed by atoms with van der Waals surface area (Å²) in [6, 6.07) is 14.7. The van der Waals surface area contributed by atoms with Crippen molar-refractivity contribution in [3.05, 3.63) is 77.9 Å². The van der Waals surface area contributed by atoms with Crippen molar-refractivity contribution in [1.82, 2.24) is 0 Å². The van der Waals surface area contributed by atoms with Gasteiger partial charge in [0.2, 0.25) is 0 Å². The molecule has 1 aliphatic carbocycles. The van der Waals surface area contributed by atoms with Crippen molar-refractivity contribution in [1.29, 1.82) is 0 Å². The second-order valence-electron chi connectivity index (χ2n) is 4.35. The first kappa shape index (κ1) is 21.3. The topological polar surface area (TPSA) is 141 Å².